The molecule has 2 N–H and O–H groups in total. The Morgan fingerprint density at radius 3 is 2.15 bits per heavy atom. The van der Waals surface area contributed by atoms with E-state index in [1.165, 1.54) is 44.3 Å². The minimum Gasteiger partial charge on any atom is -0.480 e. The van der Waals surface area contributed by atoms with Gasteiger partial charge in [-0.2, -0.15) is 11.8 Å². The van der Waals surface area contributed by atoms with E-state index < -0.39 is 27.8 Å². The summed E-state index contributed by atoms with van der Waals surface area (Å²) in [7, 11) is -0.119. The first-order valence-electron chi connectivity index (χ1n) is 20.1. The molecule has 2 aromatic carbocycles. The fourth-order valence-corrected chi connectivity index (χ4v) is 7.64. The van der Waals surface area contributed by atoms with Crippen molar-refractivity contribution in [2.45, 2.75) is 131 Å². The molecule has 4 rings (SSSR count). The number of rotatable bonds is 15. The number of sulfone groups is 1. The number of ether oxygens (including phenoxy) is 2. The van der Waals surface area contributed by atoms with E-state index in [4.69, 9.17) is 4.74 Å². The van der Waals surface area contributed by atoms with E-state index in [1.54, 1.807) is 20.3 Å². The number of hydrogen-bond acceptors (Lipinski definition) is 8. The SMILES string of the molecule is CC.CC.CCSC(C)CC.COC.Cc1ccccc1-c1cc(CN2CCC(OCC3CCCCC3)C2)ccc1C(=O)NC(CCS(C)(=O)=O)C(=O)O. The van der Waals surface area contributed by atoms with Gasteiger partial charge in [-0.15, -0.1) is 0 Å². The Kier molecular flexibility index (Phi) is 28.4. The number of carbonyl (C=O) groups excluding carboxylic acids is 1. The van der Waals surface area contributed by atoms with E-state index in [1.807, 2.05) is 82.8 Å². The topological polar surface area (TPSA) is 122 Å². The zero-order valence-electron chi connectivity index (χ0n) is 35.4. The first kappa shape index (κ1) is 51.6. The summed E-state index contributed by atoms with van der Waals surface area (Å²) in [6.07, 6.45) is 9.97. The molecule has 2 aromatic rings. The lowest BCUT2D eigenvalue weighted by atomic mass is 9.90. The summed E-state index contributed by atoms with van der Waals surface area (Å²) in [5, 5.41) is 13.0. The van der Waals surface area contributed by atoms with Crippen LogP contribution in [-0.4, -0.2) is 99.4 Å². The Morgan fingerprint density at radius 1 is 0.981 bits per heavy atom. The molecule has 1 heterocycles. The van der Waals surface area contributed by atoms with Crippen LogP contribution >= 0.6 is 11.8 Å². The molecule has 310 valence electrons. The number of nitrogens with one attached hydrogen (secondary N) is 1. The minimum absolute atomic E-state index is 0.198. The van der Waals surface area contributed by atoms with Gasteiger partial charge in [-0.25, -0.2) is 13.2 Å². The van der Waals surface area contributed by atoms with Crippen LogP contribution in [0.15, 0.2) is 42.5 Å². The highest BCUT2D eigenvalue weighted by Crippen LogP contribution is 2.30. The van der Waals surface area contributed by atoms with Crippen LogP contribution in [0.5, 0.6) is 0 Å². The highest BCUT2D eigenvalue weighted by molar-refractivity contribution is 7.99. The fourth-order valence-electron chi connectivity index (χ4n) is 6.17. The molecule has 0 radical (unpaired) electrons. The number of benzene rings is 2. The van der Waals surface area contributed by atoms with Crippen molar-refractivity contribution in [1.82, 2.24) is 10.2 Å². The second kappa shape index (κ2) is 29.8. The van der Waals surface area contributed by atoms with Gasteiger partial charge in [0.25, 0.3) is 5.91 Å². The van der Waals surface area contributed by atoms with Gasteiger partial charge in [-0.1, -0.05) is 98.1 Å². The lowest BCUT2D eigenvalue weighted by molar-refractivity contribution is -0.139. The molecule has 1 amide bonds. The van der Waals surface area contributed by atoms with E-state index in [9.17, 15) is 23.1 Å². The Morgan fingerprint density at radius 2 is 1.61 bits per heavy atom. The molecule has 1 saturated heterocycles. The minimum atomic E-state index is -3.37. The molecule has 0 aromatic heterocycles. The molecule has 2 aliphatic rings. The number of carbonyl (C=O) groups is 2. The molecule has 0 spiro atoms. The third-order valence-corrected chi connectivity index (χ3v) is 11.3. The van der Waals surface area contributed by atoms with Gasteiger partial charge in [-0.05, 0) is 85.1 Å². The summed E-state index contributed by atoms with van der Waals surface area (Å²) >= 11 is 2.03. The van der Waals surface area contributed by atoms with E-state index in [-0.39, 0.29) is 18.3 Å². The molecule has 2 fully saturated rings. The molecular weight excluding hydrogens is 721 g/mol. The number of hydrogen-bond donors (Lipinski definition) is 2. The van der Waals surface area contributed by atoms with Crippen LogP contribution in [0.2, 0.25) is 0 Å². The number of aryl methyl sites for hydroxylation is 1. The van der Waals surface area contributed by atoms with Gasteiger partial charge < -0.3 is 19.9 Å². The van der Waals surface area contributed by atoms with Crippen LogP contribution in [0.3, 0.4) is 0 Å². The van der Waals surface area contributed by atoms with E-state index in [2.05, 4.69) is 35.7 Å². The van der Waals surface area contributed by atoms with Crippen molar-refractivity contribution in [1.29, 1.82) is 0 Å². The van der Waals surface area contributed by atoms with Crippen molar-refractivity contribution in [2.75, 3.05) is 51.7 Å². The van der Waals surface area contributed by atoms with Gasteiger partial charge in [0.1, 0.15) is 15.9 Å². The summed E-state index contributed by atoms with van der Waals surface area (Å²) in [5.41, 5.74) is 4.04. The normalized spacial score (nSPS) is 16.8. The summed E-state index contributed by atoms with van der Waals surface area (Å²) in [6.45, 7) is 20.1. The van der Waals surface area contributed by atoms with Gasteiger partial charge in [0.2, 0.25) is 0 Å². The monoisotopic (exact) mass is 794 g/mol. The molecule has 54 heavy (non-hydrogen) atoms. The van der Waals surface area contributed by atoms with Crippen LogP contribution < -0.4 is 5.32 Å². The molecule has 3 unspecified atom stereocenters. The quantitative estimate of drug-likeness (QED) is 0.182. The predicted molar refractivity (Wildman–Crippen MR) is 230 cm³/mol. The third kappa shape index (κ3) is 21.0. The Labute approximate surface area is 333 Å². The average Bonchev–Trinajstić information content (AvgIpc) is 3.61. The predicted octanol–water partition coefficient (Wildman–Crippen LogP) is 9.30. The zero-order valence-corrected chi connectivity index (χ0v) is 37.0. The van der Waals surface area contributed by atoms with Gasteiger partial charge >= 0.3 is 5.97 Å². The number of carboxylic acid groups (broad SMARTS) is 1. The number of likely N-dealkylation sites (tertiary alicyclic amines) is 1. The maximum atomic E-state index is 13.3. The van der Waals surface area contributed by atoms with Gasteiger partial charge in [0, 0.05) is 57.5 Å². The lowest BCUT2D eigenvalue weighted by Gasteiger charge is -2.23. The molecule has 3 atom stereocenters. The Bertz CT molecular complexity index is 1410. The number of carboxylic acids is 1. The number of amides is 1. The maximum absolute atomic E-state index is 13.3. The number of aliphatic carboxylic acids is 1. The van der Waals surface area contributed by atoms with E-state index in [0.717, 1.165) is 66.4 Å². The summed E-state index contributed by atoms with van der Waals surface area (Å²) < 4.78 is 33.7. The van der Waals surface area contributed by atoms with Crippen LogP contribution in [-0.2, 0) is 30.7 Å². The summed E-state index contributed by atoms with van der Waals surface area (Å²) in [6, 6.07) is 12.2. The van der Waals surface area contributed by atoms with Crippen molar-refractivity contribution >= 4 is 33.5 Å². The first-order valence-corrected chi connectivity index (χ1v) is 23.2. The zero-order chi connectivity index (χ0) is 41.1. The second-order valence-corrected chi connectivity index (χ2v) is 17.5. The molecule has 9 nitrogen and oxygen atoms in total. The molecule has 0 bridgehead atoms. The average molecular weight is 795 g/mol. The van der Waals surface area contributed by atoms with E-state index >= 15 is 0 Å². The lowest BCUT2D eigenvalue weighted by Crippen LogP contribution is -2.42. The van der Waals surface area contributed by atoms with E-state index in [0.29, 0.717) is 11.5 Å². The highest BCUT2D eigenvalue weighted by Gasteiger charge is 2.27. The smallest absolute Gasteiger partial charge is 0.326 e. The van der Waals surface area contributed by atoms with Crippen molar-refractivity contribution in [3.63, 3.8) is 0 Å². The maximum Gasteiger partial charge on any atom is 0.326 e. The number of methoxy groups -OCH3 is 1. The number of nitrogens with zero attached hydrogens (tertiary/aromatic N) is 1. The third-order valence-electron chi connectivity index (χ3n) is 9.10. The van der Waals surface area contributed by atoms with Crippen LogP contribution in [0.4, 0.5) is 0 Å². The van der Waals surface area contributed by atoms with Gasteiger partial charge in [0.05, 0.1) is 11.9 Å². The van der Waals surface area contributed by atoms with Gasteiger partial charge in [-0.3, -0.25) is 9.69 Å². The molecule has 1 aliphatic heterocycles. The van der Waals surface area contributed by atoms with Crippen molar-refractivity contribution in [2.24, 2.45) is 5.92 Å². The molecule has 1 saturated carbocycles. The molecule has 1 aliphatic carbocycles. The highest BCUT2D eigenvalue weighted by atomic mass is 32.2. The second-order valence-electron chi connectivity index (χ2n) is 13.5. The largest absolute Gasteiger partial charge is 0.480 e. The van der Waals surface area contributed by atoms with Crippen molar-refractivity contribution < 1.29 is 32.6 Å². The number of thioether (sulfide) groups is 1. The van der Waals surface area contributed by atoms with Crippen LogP contribution in [0.1, 0.15) is 121 Å². The molecule has 11 heteroatoms. The summed E-state index contributed by atoms with van der Waals surface area (Å²) in [4.78, 5) is 27.5. The van der Waals surface area contributed by atoms with Crippen molar-refractivity contribution in [3.8, 4) is 11.1 Å². The standard InChI is InChI=1S/C31H42N2O6S.C6H14S.C2H6O.2C2H6/c1-22-8-6-7-11-26(22)28-18-24(19-33-16-14-25(20-33)39-21-23-9-4-3-5-10-23)12-13-27(28)30(34)32-29(31(35)36)15-17-40(2,37)38;1-4-6(3)7-5-2;1-3-2;2*1-2/h6-8,11-13,18,23,25,29H,3-5,9-10,14-17,19-21H2,1-2H3,(H,32,34)(H,35,36);6H,4-5H2,1-3H3;1-2H3;2*1-2H3. The molecular formula is C43H74N2O7S2. The van der Waals surface area contributed by atoms with Crippen molar-refractivity contribution in [3.05, 3.63) is 59.2 Å². The Balaban J connectivity index is 0.00000174. The fraction of sp³-hybridized carbons (Fsp3) is 0.674. The van der Waals surface area contributed by atoms with Crippen LogP contribution in [0.25, 0.3) is 11.1 Å². The van der Waals surface area contributed by atoms with Crippen LogP contribution in [0, 0.1) is 12.8 Å². The summed E-state index contributed by atoms with van der Waals surface area (Å²) in [5.74, 6) is -0.169. The Hall–Kier alpha value is -2.44. The van der Waals surface area contributed by atoms with Gasteiger partial charge in [0.15, 0.2) is 0 Å². The first-order chi connectivity index (χ1) is 25.8.